The third kappa shape index (κ3) is 2.98. The third-order valence-corrected chi connectivity index (χ3v) is 4.44. The van der Waals surface area contributed by atoms with E-state index >= 15 is 0 Å². The van der Waals surface area contributed by atoms with Gasteiger partial charge in [-0.3, -0.25) is 5.32 Å². The number of aromatic amines is 2. The molecular weight excluding hydrogens is 313 g/mol. The van der Waals surface area contributed by atoms with E-state index < -0.39 is 0 Å². The Morgan fingerprint density at radius 2 is 1.72 bits per heavy atom. The number of pyridine rings is 1. The first-order valence-corrected chi connectivity index (χ1v) is 8.28. The molecule has 124 valence electrons. The Morgan fingerprint density at radius 3 is 2.48 bits per heavy atom. The van der Waals surface area contributed by atoms with Gasteiger partial charge in [0.1, 0.15) is 11.9 Å². The van der Waals surface area contributed by atoms with Crippen molar-refractivity contribution in [1.29, 1.82) is 0 Å². The van der Waals surface area contributed by atoms with Gasteiger partial charge < -0.3 is 4.98 Å². The minimum atomic E-state index is -0.232. The zero-order valence-corrected chi connectivity index (χ0v) is 13.9. The molecule has 0 aliphatic carbocycles. The average Bonchev–Trinajstić information content (AvgIpc) is 2.97. The largest absolute Gasteiger partial charge is 0.358 e. The molecule has 0 spiro atoms. The first-order chi connectivity index (χ1) is 12.2. The Morgan fingerprint density at radius 1 is 0.960 bits per heavy atom. The molecule has 4 aromatic rings. The van der Waals surface area contributed by atoms with Crippen LogP contribution in [0.2, 0.25) is 0 Å². The van der Waals surface area contributed by atoms with Gasteiger partial charge in [0.25, 0.3) is 5.82 Å². The molecule has 4 heteroatoms. The lowest BCUT2D eigenvalue weighted by atomic mass is 9.96. The van der Waals surface area contributed by atoms with Gasteiger partial charge in [-0.05, 0) is 31.2 Å². The van der Waals surface area contributed by atoms with Gasteiger partial charge in [-0.2, -0.15) is 0 Å². The molecule has 3 N–H and O–H groups in total. The summed E-state index contributed by atoms with van der Waals surface area (Å²) in [6.07, 6.45) is 1.88. The smallest absolute Gasteiger partial charge is 0.272 e. The van der Waals surface area contributed by atoms with E-state index in [0.717, 1.165) is 28.0 Å². The number of fused-ring (bicyclic) bond motifs is 1. The van der Waals surface area contributed by atoms with E-state index in [9.17, 15) is 4.39 Å². The minimum Gasteiger partial charge on any atom is -0.358 e. The fourth-order valence-electron chi connectivity index (χ4n) is 3.29. The molecule has 0 saturated carbocycles. The highest BCUT2D eigenvalue weighted by atomic mass is 19.1. The molecule has 0 fully saturated rings. The fraction of sp³-hybridized carbons (Fsp3) is 0.0952. The highest BCUT2D eigenvalue weighted by Gasteiger charge is 2.25. The van der Waals surface area contributed by atoms with Crippen molar-refractivity contribution in [3.8, 4) is 0 Å². The SMILES string of the molecule is Cc1[nH]c2ccccc2c1C(Nc1cccc[nH+]1)c1ccc(F)cc1. The quantitative estimate of drug-likeness (QED) is 0.562. The topological polar surface area (TPSA) is 42.0 Å². The lowest BCUT2D eigenvalue weighted by Gasteiger charge is -2.16. The molecule has 1 atom stereocenters. The van der Waals surface area contributed by atoms with Gasteiger partial charge in [-0.25, -0.2) is 9.37 Å². The van der Waals surface area contributed by atoms with E-state index in [1.54, 1.807) is 0 Å². The number of benzene rings is 2. The molecule has 4 rings (SSSR count). The van der Waals surface area contributed by atoms with Crippen molar-refractivity contribution >= 4 is 16.7 Å². The highest BCUT2D eigenvalue weighted by molar-refractivity contribution is 5.86. The van der Waals surface area contributed by atoms with Crippen molar-refractivity contribution in [2.45, 2.75) is 13.0 Å². The van der Waals surface area contributed by atoms with Crippen LogP contribution in [0.5, 0.6) is 0 Å². The number of aromatic nitrogens is 2. The number of anilines is 1. The molecule has 0 aliphatic heterocycles. The molecule has 0 amide bonds. The molecule has 0 aliphatic rings. The van der Waals surface area contributed by atoms with Crippen molar-refractivity contribution in [1.82, 2.24) is 4.98 Å². The van der Waals surface area contributed by atoms with Crippen LogP contribution in [0.15, 0.2) is 72.9 Å². The second kappa shape index (κ2) is 6.40. The number of hydrogen-bond acceptors (Lipinski definition) is 1. The van der Waals surface area contributed by atoms with E-state index in [1.165, 1.54) is 17.7 Å². The monoisotopic (exact) mass is 332 g/mol. The summed E-state index contributed by atoms with van der Waals surface area (Å²) in [6.45, 7) is 2.07. The highest BCUT2D eigenvalue weighted by Crippen LogP contribution is 2.33. The number of hydrogen-bond donors (Lipinski definition) is 2. The standard InChI is InChI=1S/C21H18FN3/c1-14-20(17-6-2-3-7-18(17)24-14)21(15-9-11-16(22)12-10-15)25-19-8-4-5-13-23-19/h2-13,21,24H,1H3,(H,23,25)/p+1. The molecule has 2 aromatic heterocycles. The van der Waals surface area contributed by atoms with Crippen LogP contribution in [-0.2, 0) is 0 Å². The Balaban J connectivity index is 1.87. The normalized spacial score (nSPS) is 12.2. The van der Waals surface area contributed by atoms with Crippen molar-refractivity contribution < 1.29 is 9.37 Å². The van der Waals surface area contributed by atoms with Gasteiger partial charge in [0.15, 0.2) is 0 Å². The molecule has 0 bridgehead atoms. The van der Waals surface area contributed by atoms with Gasteiger partial charge in [0, 0.05) is 33.8 Å². The Kier molecular flexibility index (Phi) is 3.94. The molecule has 2 heterocycles. The summed E-state index contributed by atoms with van der Waals surface area (Å²) in [5.41, 5.74) is 4.37. The Bertz CT molecular complexity index is 991. The zero-order chi connectivity index (χ0) is 17.2. The van der Waals surface area contributed by atoms with Gasteiger partial charge in [-0.1, -0.05) is 36.4 Å². The van der Waals surface area contributed by atoms with Crippen LogP contribution in [0, 0.1) is 12.7 Å². The van der Waals surface area contributed by atoms with Gasteiger partial charge in [0.05, 0.1) is 6.20 Å². The maximum atomic E-state index is 13.4. The number of nitrogens with one attached hydrogen (secondary N) is 3. The van der Waals surface area contributed by atoms with Crippen LogP contribution in [0.1, 0.15) is 22.9 Å². The number of aryl methyl sites for hydroxylation is 1. The molecule has 2 aromatic carbocycles. The van der Waals surface area contributed by atoms with E-state index in [-0.39, 0.29) is 11.9 Å². The number of halogens is 1. The van der Waals surface area contributed by atoms with Gasteiger partial charge in [0.2, 0.25) is 0 Å². The maximum Gasteiger partial charge on any atom is 0.272 e. The number of para-hydroxylation sites is 1. The summed E-state index contributed by atoms with van der Waals surface area (Å²) < 4.78 is 13.4. The van der Waals surface area contributed by atoms with Crippen LogP contribution in [-0.4, -0.2) is 4.98 Å². The van der Waals surface area contributed by atoms with Crippen LogP contribution >= 0.6 is 0 Å². The summed E-state index contributed by atoms with van der Waals surface area (Å²) >= 11 is 0. The fourth-order valence-corrected chi connectivity index (χ4v) is 3.29. The molecular formula is C21H19FN3+. The predicted octanol–water partition coefficient (Wildman–Crippen LogP) is 4.63. The van der Waals surface area contributed by atoms with E-state index in [0.29, 0.717) is 0 Å². The summed E-state index contributed by atoms with van der Waals surface area (Å²) in [4.78, 5) is 6.66. The second-order valence-electron chi connectivity index (χ2n) is 6.11. The summed E-state index contributed by atoms with van der Waals surface area (Å²) in [7, 11) is 0. The third-order valence-electron chi connectivity index (χ3n) is 4.44. The van der Waals surface area contributed by atoms with Gasteiger partial charge >= 0.3 is 0 Å². The number of H-pyrrole nitrogens is 2. The van der Waals surface area contributed by atoms with Crippen LogP contribution in [0.3, 0.4) is 0 Å². The predicted molar refractivity (Wildman–Crippen MR) is 97.9 cm³/mol. The van der Waals surface area contributed by atoms with Crippen molar-refractivity contribution in [2.75, 3.05) is 5.32 Å². The maximum absolute atomic E-state index is 13.4. The Labute approximate surface area is 145 Å². The van der Waals surface area contributed by atoms with E-state index in [4.69, 9.17) is 0 Å². The summed E-state index contributed by atoms with van der Waals surface area (Å²) in [5.74, 6) is 0.672. The molecule has 0 saturated heterocycles. The molecule has 25 heavy (non-hydrogen) atoms. The van der Waals surface area contributed by atoms with Crippen molar-refractivity contribution in [3.63, 3.8) is 0 Å². The van der Waals surface area contributed by atoms with Crippen LogP contribution in [0.4, 0.5) is 10.2 Å². The number of rotatable bonds is 4. The average molecular weight is 332 g/mol. The van der Waals surface area contributed by atoms with Gasteiger partial charge in [-0.15, -0.1) is 0 Å². The van der Waals surface area contributed by atoms with E-state index in [2.05, 4.69) is 34.3 Å². The minimum absolute atomic E-state index is 0.101. The lowest BCUT2D eigenvalue weighted by Crippen LogP contribution is -2.19. The molecule has 3 nitrogen and oxygen atoms in total. The second-order valence-corrected chi connectivity index (χ2v) is 6.11. The molecule has 0 radical (unpaired) electrons. The summed E-state index contributed by atoms with van der Waals surface area (Å²) in [6, 6.07) is 20.7. The summed E-state index contributed by atoms with van der Waals surface area (Å²) in [5, 5.41) is 4.72. The first-order valence-electron chi connectivity index (χ1n) is 8.28. The van der Waals surface area contributed by atoms with Crippen molar-refractivity contribution in [2.24, 2.45) is 0 Å². The van der Waals surface area contributed by atoms with E-state index in [1.807, 2.05) is 48.7 Å². The zero-order valence-electron chi connectivity index (χ0n) is 13.9. The first kappa shape index (κ1) is 15.4. The van der Waals surface area contributed by atoms with Crippen LogP contribution in [0.25, 0.3) is 10.9 Å². The van der Waals surface area contributed by atoms with Crippen molar-refractivity contribution in [3.05, 3.63) is 95.6 Å². The molecule has 1 unspecified atom stereocenters. The lowest BCUT2D eigenvalue weighted by molar-refractivity contribution is -0.361. The van der Waals surface area contributed by atoms with Crippen LogP contribution < -0.4 is 10.3 Å². The Hall–Kier alpha value is -3.14.